The van der Waals surface area contributed by atoms with Crippen molar-refractivity contribution in [3.05, 3.63) is 71.9 Å². The number of halogens is 1. The molecule has 2 aromatic heterocycles. The summed E-state index contributed by atoms with van der Waals surface area (Å²) in [5.74, 6) is -0.0886. The highest BCUT2D eigenvalue weighted by atomic mass is 19.1. The number of ether oxygens (including phenoxy) is 1. The van der Waals surface area contributed by atoms with E-state index in [4.69, 9.17) is 9.15 Å². The molecule has 2 bridgehead atoms. The molecule has 4 aliphatic carbocycles. The molecule has 35 heavy (non-hydrogen) atoms. The summed E-state index contributed by atoms with van der Waals surface area (Å²) in [5.41, 5.74) is 1.10. The summed E-state index contributed by atoms with van der Waals surface area (Å²) in [5, 5.41) is 4.95. The Bertz CT molecular complexity index is 1490. The molecule has 178 valence electrons. The number of aromatic nitrogens is 1. The zero-order chi connectivity index (χ0) is 24.0. The molecule has 4 aliphatic rings. The van der Waals surface area contributed by atoms with Gasteiger partial charge in [-0.25, -0.2) is 4.39 Å². The average molecular weight is 473 g/mol. The number of esters is 1. The number of carbonyl (C=O) groups excluding carboxylic acids is 2. The average Bonchev–Trinajstić information content (AvgIpc) is 3.25. The molecule has 2 aromatic carbocycles. The maximum atomic E-state index is 14.5. The third kappa shape index (κ3) is 2.81. The van der Waals surface area contributed by atoms with Crippen molar-refractivity contribution in [2.75, 3.05) is 7.11 Å². The molecular weight excluding hydrogens is 447 g/mol. The van der Waals surface area contributed by atoms with Crippen molar-refractivity contribution >= 4 is 33.7 Å². The van der Waals surface area contributed by atoms with E-state index in [9.17, 15) is 14.0 Å². The number of carbonyl (C=O) groups is 2. The zero-order valence-corrected chi connectivity index (χ0v) is 19.4. The highest BCUT2D eigenvalue weighted by Crippen LogP contribution is 2.81. The summed E-state index contributed by atoms with van der Waals surface area (Å²) in [7, 11) is 1.43. The lowest BCUT2D eigenvalue weighted by Gasteiger charge is -2.71. The minimum atomic E-state index is -0.441. The Hall–Kier alpha value is -3.61. The molecule has 4 fully saturated rings. The Labute approximate surface area is 201 Å². The Morgan fingerprint density at radius 2 is 1.86 bits per heavy atom. The van der Waals surface area contributed by atoms with Crippen molar-refractivity contribution in [3.63, 3.8) is 0 Å². The lowest BCUT2D eigenvalue weighted by Crippen LogP contribution is -2.73. The first kappa shape index (κ1) is 20.7. The van der Waals surface area contributed by atoms with Crippen LogP contribution in [-0.2, 0) is 16.1 Å². The molecule has 7 heteroatoms. The van der Waals surface area contributed by atoms with Gasteiger partial charge in [-0.05, 0) is 67.9 Å². The van der Waals surface area contributed by atoms with E-state index in [2.05, 4.69) is 5.32 Å². The third-order valence-electron chi connectivity index (χ3n) is 8.64. The highest BCUT2D eigenvalue weighted by Gasteiger charge is 2.81. The van der Waals surface area contributed by atoms with Gasteiger partial charge in [-0.2, -0.15) is 0 Å². The van der Waals surface area contributed by atoms with Crippen LogP contribution in [0.25, 0.3) is 21.9 Å². The largest absolute Gasteiger partial charge is 0.469 e. The van der Waals surface area contributed by atoms with E-state index in [0.717, 1.165) is 48.8 Å². The molecule has 1 N–H and O–H groups in total. The molecule has 1 amide bonds. The summed E-state index contributed by atoms with van der Waals surface area (Å²) in [6, 6.07) is 14.4. The lowest BCUT2D eigenvalue weighted by atomic mass is 9.32. The van der Waals surface area contributed by atoms with Crippen LogP contribution in [0.4, 0.5) is 4.39 Å². The second-order valence-corrected chi connectivity index (χ2v) is 10.7. The molecular formula is C28H25FN2O4. The maximum absolute atomic E-state index is 14.5. The molecule has 8 rings (SSSR count). The maximum Gasteiger partial charge on any atom is 0.311 e. The number of fused-ring (bicyclic) bond motifs is 2. The quantitative estimate of drug-likeness (QED) is 0.393. The van der Waals surface area contributed by atoms with Gasteiger partial charge in [0.15, 0.2) is 0 Å². The topological polar surface area (TPSA) is 73.5 Å². The number of amides is 1. The van der Waals surface area contributed by atoms with Crippen molar-refractivity contribution < 1.29 is 23.1 Å². The fourth-order valence-corrected chi connectivity index (χ4v) is 6.83. The number of methoxy groups -OCH3 is 1. The molecule has 0 saturated heterocycles. The number of hydrogen-bond acceptors (Lipinski definition) is 4. The Balaban J connectivity index is 1.19. The highest BCUT2D eigenvalue weighted by molar-refractivity contribution is 6.06. The minimum Gasteiger partial charge on any atom is -0.469 e. The molecule has 0 spiro atoms. The van der Waals surface area contributed by atoms with Crippen molar-refractivity contribution in [1.82, 2.24) is 9.88 Å². The predicted molar refractivity (Wildman–Crippen MR) is 127 cm³/mol. The van der Waals surface area contributed by atoms with Gasteiger partial charge in [-0.15, -0.1) is 0 Å². The number of nitrogens with one attached hydrogen (secondary N) is 1. The standard InChI is InChI=1S/C28H25FN2O4/c1-34-25(33)26-14-27(15-26,16-26)28(7-8-28)30-24(32)21-12-19(29)10-18-6-9-31(23(18)21)13-20-11-17-4-2-3-5-22(17)35-20/h2-6,9-12H,7-8,13-16H2,1H3,(H,30,32). The number of furan rings is 1. The van der Waals surface area contributed by atoms with Gasteiger partial charge in [0, 0.05) is 22.5 Å². The van der Waals surface area contributed by atoms with E-state index >= 15 is 0 Å². The Kier molecular flexibility index (Phi) is 4.00. The molecule has 0 radical (unpaired) electrons. The smallest absolute Gasteiger partial charge is 0.311 e. The van der Waals surface area contributed by atoms with Gasteiger partial charge in [0.2, 0.25) is 0 Å². The van der Waals surface area contributed by atoms with Gasteiger partial charge in [-0.3, -0.25) is 9.59 Å². The van der Waals surface area contributed by atoms with Crippen molar-refractivity contribution in [2.24, 2.45) is 10.8 Å². The van der Waals surface area contributed by atoms with Crippen LogP contribution in [0.2, 0.25) is 0 Å². The SMILES string of the molecule is COC(=O)C12CC(C3(NC(=O)c4cc(F)cc5ccn(Cc6cc7ccccc7o6)c45)CC3)(C1)C2. The van der Waals surface area contributed by atoms with Gasteiger partial charge in [0.1, 0.15) is 17.2 Å². The van der Waals surface area contributed by atoms with Crippen LogP contribution in [0.5, 0.6) is 0 Å². The van der Waals surface area contributed by atoms with Gasteiger partial charge in [-0.1, -0.05) is 18.2 Å². The van der Waals surface area contributed by atoms with Crippen LogP contribution in [0.3, 0.4) is 0 Å². The molecule has 0 atom stereocenters. The molecule has 0 aliphatic heterocycles. The van der Waals surface area contributed by atoms with E-state index in [1.165, 1.54) is 19.2 Å². The molecule has 0 unspecified atom stereocenters. The fourth-order valence-electron chi connectivity index (χ4n) is 6.83. The number of nitrogens with zero attached hydrogens (tertiary/aromatic N) is 1. The fraction of sp³-hybridized carbons (Fsp3) is 0.357. The summed E-state index contributed by atoms with van der Waals surface area (Å²) >= 11 is 0. The van der Waals surface area contributed by atoms with E-state index in [1.807, 2.05) is 47.2 Å². The van der Waals surface area contributed by atoms with E-state index in [1.54, 1.807) is 0 Å². The van der Waals surface area contributed by atoms with E-state index < -0.39 is 5.82 Å². The minimum absolute atomic E-state index is 0.0421. The normalized spacial score (nSPS) is 25.7. The van der Waals surface area contributed by atoms with Crippen LogP contribution in [0, 0.1) is 16.6 Å². The first-order valence-corrected chi connectivity index (χ1v) is 12.0. The Morgan fingerprint density at radius 1 is 1.09 bits per heavy atom. The van der Waals surface area contributed by atoms with Crippen molar-refractivity contribution in [3.8, 4) is 0 Å². The summed E-state index contributed by atoms with van der Waals surface area (Å²) < 4.78 is 27.4. The lowest BCUT2D eigenvalue weighted by molar-refractivity contribution is -0.239. The third-order valence-corrected chi connectivity index (χ3v) is 8.64. The van der Waals surface area contributed by atoms with Gasteiger partial charge >= 0.3 is 5.97 Å². The van der Waals surface area contributed by atoms with Gasteiger partial charge in [0.05, 0.1) is 30.1 Å². The number of benzene rings is 2. The van der Waals surface area contributed by atoms with Gasteiger partial charge < -0.3 is 19.0 Å². The summed E-state index contributed by atoms with van der Waals surface area (Å²) in [6.45, 7) is 0.431. The van der Waals surface area contributed by atoms with Crippen LogP contribution >= 0.6 is 0 Å². The second kappa shape index (κ2) is 6.74. The second-order valence-electron chi connectivity index (χ2n) is 10.7. The number of para-hydroxylation sites is 1. The van der Waals surface area contributed by atoms with Crippen molar-refractivity contribution in [2.45, 2.75) is 44.2 Å². The predicted octanol–water partition coefficient (Wildman–Crippen LogP) is 5.18. The van der Waals surface area contributed by atoms with Gasteiger partial charge in [0.25, 0.3) is 5.91 Å². The van der Waals surface area contributed by atoms with E-state index in [0.29, 0.717) is 23.0 Å². The van der Waals surface area contributed by atoms with Crippen LogP contribution < -0.4 is 5.32 Å². The number of hydrogen-bond donors (Lipinski definition) is 1. The van der Waals surface area contributed by atoms with Crippen LogP contribution in [0.1, 0.15) is 48.2 Å². The zero-order valence-electron chi connectivity index (χ0n) is 19.4. The number of rotatable bonds is 6. The Morgan fingerprint density at radius 3 is 2.57 bits per heavy atom. The van der Waals surface area contributed by atoms with E-state index in [-0.39, 0.29) is 28.2 Å². The molecule has 4 saturated carbocycles. The first-order chi connectivity index (χ1) is 16.9. The van der Waals surface area contributed by atoms with Crippen LogP contribution in [0.15, 0.2) is 59.1 Å². The monoisotopic (exact) mass is 472 g/mol. The van der Waals surface area contributed by atoms with Crippen LogP contribution in [-0.4, -0.2) is 29.1 Å². The van der Waals surface area contributed by atoms with Crippen molar-refractivity contribution in [1.29, 1.82) is 0 Å². The first-order valence-electron chi connectivity index (χ1n) is 12.0. The molecule has 4 aromatic rings. The summed E-state index contributed by atoms with van der Waals surface area (Å²) in [4.78, 5) is 25.7. The summed E-state index contributed by atoms with van der Waals surface area (Å²) in [6.07, 6.45) is 5.90. The molecule has 6 nitrogen and oxygen atoms in total. The molecule has 2 heterocycles.